The van der Waals surface area contributed by atoms with Crippen LogP contribution in [0.5, 0.6) is 0 Å². The van der Waals surface area contributed by atoms with E-state index in [0.29, 0.717) is 13.0 Å². The fourth-order valence-corrected chi connectivity index (χ4v) is 4.77. The van der Waals surface area contributed by atoms with Crippen molar-refractivity contribution in [1.82, 2.24) is 14.9 Å². The van der Waals surface area contributed by atoms with Gasteiger partial charge in [0.25, 0.3) is 0 Å². The van der Waals surface area contributed by atoms with E-state index in [1.54, 1.807) is 16.2 Å². The van der Waals surface area contributed by atoms with Crippen molar-refractivity contribution < 1.29 is 9.59 Å². The quantitative estimate of drug-likeness (QED) is 0.649. The molecule has 3 rings (SSSR count). The largest absolute Gasteiger partial charge is 0.368 e. The van der Waals surface area contributed by atoms with Crippen LogP contribution in [0.2, 0.25) is 0 Å². The van der Waals surface area contributed by atoms with E-state index in [0.717, 1.165) is 34.5 Å². The lowest BCUT2D eigenvalue weighted by molar-refractivity contribution is -0.138. The van der Waals surface area contributed by atoms with Gasteiger partial charge in [-0.2, -0.15) is 0 Å². The molecule has 8 heteroatoms. The van der Waals surface area contributed by atoms with Crippen molar-refractivity contribution in [1.29, 1.82) is 0 Å². The Kier molecular flexibility index (Phi) is 5.35. The zero-order valence-electron chi connectivity index (χ0n) is 13.5. The molecule has 0 aromatic carbocycles. The molecule has 0 radical (unpaired) electrons. The zero-order valence-corrected chi connectivity index (χ0v) is 15.2. The van der Waals surface area contributed by atoms with Crippen LogP contribution in [-0.4, -0.2) is 45.0 Å². The van der Waals surface area contributed by atoms with Crippen LogP contribution in [0, 0.1) is 0 Å². The maximum atomic E-state index is 12.5. The van der Waals surface area contributed by atoms with E-state index in [4.69, 9.17) is 5.73 Å². The number of primary amides is 1. The van der Waals surface area contributed by atoms with Crippen LogP contribution in [0.25, 0.3) is 10.2 Å². The lowest BCUT2D eigenvalue weighted by Crippen LogP contribution is -2.51. The standard InChI is InChI=1S/C16H20N4O2S2/c1-2-10-7-11-15(18-9-19-16(11)24-10)23-8-13(21)20-6-4-3-5-12(20)14(17)22/h7,9,12H,2-6,8H2,1H3,(H2,17,22)/t12-/m1/s1. The van der Waals surface area contributed by atoms with Crippen molar-refractivity contribution in [2.45, 2.75) is 43.7 Å². The Morgan fingerprint density at radius 1 is 1.42 bits per heavy atom. The lowest BCUT2D eigenvalue weighted by Gasteiger charge is -2.33. The number of likely N-dealkylation sites (tertiary alicyclic amines) is 1. The number of nitrogens with two attached hydrogens (primary N) is 1. The monoisotopic (exact) mass is 364 g/mol. The van der Waals surface area contributed by atoms with Gasteiger partial charge in [-0.1, -0.05) is 18.7 Å². The highest BCUT2D eigenvalue weighted by atomic mass is 32.2. The van der Waals surface area contributed by atoms with Gasteiger partial charge >= 0.3 is 0 Å². The second-order valence-corrected chi connectivity index (χ2v) is 7.83. The third kappa shape index (κ3) is 3.54. The highest BCUT2D eigenvalue weighted by Crippen LogP contribution is 2.31. The van der Waals surface area contributed by atoms with Gasteiger partial charge in [0.15, 0.2) is 0 Å². The third-order valence-corrected chi connectivity index (χ3v) is 6.35. The number of thioether (sulfide) groups is 1. The van der Waals surface area contributed by atoms with Crippen molar-refractivity contribution in [3.05, 3.63) is 17.3 Å². The summed E-state index contributed by atoms with van der Waals surface area (Å²) < 4.78 is 0. The first kappa shape index (κ1) is 17.2. The molecule has 0 spiro atoms. The van der Waals surface area contributed by atoms with Crippen molar-refractivity contribution >= 4 is 45.1 Å². The second-order valence-electron chi connectivity index (χ2n) is 5.75. The number of nitrogens with zero attached hydrogens (tertiary/aromatic N) is 3. The number of aryl methyl sites for hydroxylation is 1. The van der Waals surface area contributed by atoms with E-state index in [-0.39, 0.29) is 11.7 Å². The van der Waals surface area contributed by atoms with Crippen molar-refractivity contribution in [2.75, 3.05) is 12.3 Å². The average Bonchev–Trinajstić information content (AvgIpc) is 3.03. The number of fused-ring (bicyclic) bond motifs is 1. The summed E-state index contributed by atoms with van der Waals surface area (Å²) in [6.07, 6.45) is 5.01. The van der Waals surface area contributed by atoms with Crippen molar-refractivity contribution in [2.24, 2.45) is 5.73 Å². The van der Waals surface area contributed by atoms with Crippen LogP contribution < -0.4 is 5.73 Å². The molecule has 3 heterocycles. The van der Waals surface area contributed by atoms with Crippen LogP contribution in [0.4, 0.5) is 0 Å². The van der Waals surface area contributed by atoms with Crippen molar-refractivity contribution in [3.63, 3.8) is 0 Å². The molecule has 0 unspecified atom stereocenters. The Hall–Kier alpha value is -1.67. The van der Waals surface area contributed by atoms with Crippen LogP contribution >= 0.6 is 23.1 Å². The highest BCUT2D eigenvalue weighted by Gasteiger charge is 2.30. The molecule has 1 aliphatic rings. The Balaban J connectivity index is 1.72. The number of hydrogen-bond donors (Lipinski definition) is 1. The van der Waals surface area contributed by atoms with Crippen LogP contribution in [0.1, 0.15) is 31.1 Å². The van der Waals surface area contributed by atoms with Crippen LogP contribution in [-0.2, 0) is 16.0 Å². The predicted molar refractivity (Wildman–Crippen MR) is 96.1 cm³/mol. The first-order valence-electron chi connectivity index (χ1n) is 8.05. The molecule has 6 nitrogen and oxygen atoms in total. The summed E-state index contributed by atoms with van der Waals surface area (Å²) in [5.41, 5.74) is 5.44. The molecular formula is C16H20N4O2S2. The SMILES string of the molecule is CCc1cc2c(SCC(=O)N3CCCC[C@@H]3C(N)=O)ncnc2s1. The highest BCUT2D eigenvalue weighted by molar-refractivity contribution is 8.00. The first-order valence-corrected chi connectivity index (χ1v) is 9.85. The molecule has 1 aliphatic heterocycles. The fourth-order valence-electron chi connectivity index (χ4n) is 2.91. The number of hydrogen-bond acceptors (Lipinski definition) is 6. The van der Waals surface area contributed by atoms with E-state index in [9.17, 15) is 9.59 Å². The van der Waals surface area contributed by atoms with Gasteiger partial charge in [0.1, 0.15) is 22.2 Å². The molecule has 2 aromatic rings. The van der Waals surface area contributed by atoms with Gasteiger partial charge in [-0.25, -0.2) is 9.97 Å². The van der Waals surface area contributed by atoms with Gasteiger partial charge in [0.2, 0.25) is 11.8 Å². The average molecular weight is 364 g/mol. The van der Waals surface area contributed by atoms with Gasteiger partial charge in [-0.3, -0.25) is 9.59 Å². The molecular weight excluding hydrogens is 344 g/mol. The number of carbonyl (C=O) groups is 2. The third-order valence-electron chi connectivity index (χ3n) is 4.18. The topological polar surface area (TPSA) is 89.2 Å². The second kappa shape index (κ2) is 7.48. The van der Waals surface area contributed by atoms with Gasteiger partial charge in [-0.05, 0) is 31.7 Å². The summed E-state index contributed by atoms with van der Waals surface area (Å²) in [6.45, 7) is 2.71. The van der Waals surface area contributed by atoms with E-state index < -0.39 is 11.9 Å². The molecule has 1 atom stereocenters. The molecule has 1 saturated heterocycles. The Bertz CT molecular complexity index is 762. The van der Waals surface area contributed by atoms with Gasteiger partial charge in [0, 0.05) is 16.8 Å². The summed E-state index contributed by atoms with van der Waals surface area (Å²) in [5.74, 6) is -0.211. The van der Waals surface area contributed by atoms with Gasteiger partial charge < -0.3 is 10.6 Å². The normalized spacial score (nSPS) is 18.0. The minimum Gasteiger partial charge on any atom is -0.368 e. The number of amides is 2. The summed E-state index contributed by atoms with van der Waals surface area (Å²) in [7, 11) is 0. The molecule has 1 fully saturated rings. The molecule has 2 N–H and O–H groups in total. The summed E-state index contributed by atoms with van der Waals surface area (Å²) in [6, 6.07) is 1.63. The number of carbonyl (C=O) groups excluding carboxylic acids is 2. The van der Waals surface area contributed by atoms with Crippen LogP contribution in [0.15, 0.2) is 17.4 Å². The Morgan fingerprint density at radius 2 is 2.25 bits per heavy atom. The van der Waals surface area contributed by atoms with E-state index in [1.165, 1.54) is 23.0 Å². The maximum absolute atomic E-state index is 12.5. The number of thiophene rings is 1. The first-order chi connectivity index (χ1) is 11.6. The molecule has 0 bridgehead atoms. The van der Waals surface area contributed by atoms with E-state index >= 15 is 0 Å². The van der Waals surface area contributed by atoms with E-state index in [1.807, 2.05) is 0 Å². The smallest absolute Gasteiger partial charge is 0.240 e. The molecule has 2 amide bonds. The zero-order chi connectivity index (χ0) is 17.1. The minimum absolute atomic E-state index is 0.0544. The number of aromatic nitrogens is 2. The Labute approximate surface area is 148 Å². The fraction of sp³-hybridized carbons (Fsp3) is 0.500. The predicted octanol–water partition coefficient (Wildman–Crippen LogP) is 2.21. The van der Waals surface area contributed by atoms with Gasteiger partial charge in [-0.15, -0.1) is 11.3 Å². The summed E-state index contributed by atoms with van der Waals surface area (Å²) in [5, 5.41) is 1.82. The Morgan fingerprint density at radius 3 is 3.00 bits per heavy atom. The summed E-state index contributed by atoms with van der Waals surface area (Å²) >= 11 is 3.06. The van der Waals surface area contributed by atoms with E-state index in [2.05, 4.69) is 23.0 Å². The lowest BCUT2D eigenvalue weighted by atomic mass is 10.0. The summed E-state index contributed by atoms with van der Waals surface area (Å²) in [4.78, 5) is 36.5. The molecule has 0 saturated carbocycles. The maximum Gasteiger partial charge on any atom is 0.240 e. The molecule has 24 heavy (non-hydrogen) atoms. The number of piperidine rings is 1. The number of rotatable bonds is 5. The van der Waals surface area contributed by atoms with Gasteiger partial charge in [0.05, 0.1) is 5.75 Å². The van der Waals surface area contributed by atoms with Crippen molar-refractivity contribution in [3.8, 4) is 0 Å². The molecule has 128 valence electrons. The van der Waals surface area contributed by atoms with Crippen LogP contribution in [0.3, 0.4) is 0 Å². The minimum atomic E-state index is -0.467. The molecule has 0 aliphatic carbocycles. The molecule has 2 aromatic heterocycles.